The number of fused-ring (bicyclic) bond motifs is 1. The molecule has 1 aliphatic heterocycles. The minimum atomic E-state index is -3.60. The summed E-state index contributed by atoms with van der Waals surface area (Å²) in [4.78, 5) is 12.6. The summed E-state index contributed by atoms with van der Waals surface area (Å²) in [5.41, 5.74) is 5.85. The number of esters is 1. The van der Waals surface area contributed by atoms with E-state index in [4.69, 9.17) is 10.5 Å². The second-order valence-corrected chi connectivity index (χ2v) is 10.3. The molecule has 0 radical (unpaired) electrons. The standard InChI is InChI=1S/C18H24N2O4S2.ClH/c1-4-24-17(21)15-10-12-9-13(5-6-14(12)25-15)26(22,23)20-8-7-16(19)18(2,3)11-20;/h5-6,9-10,16H,4,7-8,11,19H2,1-3H3;1H. The van der Waals surface area contributed by atoms with Crippen LogP contribution in [0.25, 0.3) is 10.1 Å². The van der Waals surface area contributed by atoms with E-state index in [1.165, 1.54) is 15.6 Å². The first kappa shape index (κ1) is 22.1. The largest absolute Gasteiger partial charge is 0.462 e. The molecule has 1 aromatic heterocycles. The van der Waals surface area contributed by atoms with Gasteiger partial charge in [0.2, 0.25) is 10.0 Å². The van der Waals surface area contributed by atoms with Crippen LogP contribution >= 0.6 is 23.7 Å². The molecule has 1 fully saturated rings. The molecule has 0 aliphatic carbocycles. The van der Waals surface area contributed by atoms with Crippen LogP contribution in [0, 0.1) is 5.41 Å². The quantitative estimate of drug-likeness (QED) is 0.749. The number of piperidine rings is 1. The molecule has 2 aromatic rings. The van der Waals surface area contributed by atoms with Crippen molar-refractivity contribution in [1.29, 1.82) is 0 Å². The van der Waals surface area contributed by atoms with Gasteiger partial charge in [0, 0.05) is 23.8 Å². The molecule has 0 spiro atoms. The van der Waals surface area contributed by atoms with Gasteiger partial charge in [-0.25, -0.2) is 13.2 Å². The smallest absolute Gasteiger partial charge is 0.348 e. The Balaban J connectivity index is 0.00000261. The highest BCUT2D eigenvalue weighted by atomic mass is 35.5. The van der Waals surface area contributed by atoms with Gasteiger partial charge in [-0.3, -0.25) is 0 Å². The Morgan fingerprint density at radius 2 is 2.07 bits per heavy atom. The van der Waals surface area contributed by atoms with E-state index in [0.29, 0.717) is 31.0 Å². The number of carbonyl (C=O) groups excluding carboxylic acids is 1. The molecule has 9 heteroatoms. The van der Waals surface area contributed by atoms with Crippen molar-refractivity contribution < 1.29 is 17.9 Å². The molecule has 0 amide bonds. The van der Waals surface area contributed by atoms with Crippen LogP contribution in [0.1, 0.15) is 36.9 Å². The monoisotopic (exact) mass is 432 g/mol. The third-order valence-corrected chi connectivity index (χ3v) is 7.82. The third-order valence-electron chi connectivity index (χ3n) is 4.88. The molecule has 3 rings (SSSR count). The highest BCUT2D eigenvalue weighted by Gasteiger charge is 2.38. The van der Waals surface area contributed by atoms with E-state index in [1.54, 1.807) is 31.2 Å². The van der Waals surface area contributed by atoms with Crippen LogP contribution in [0.15, 0.2) is 29.2 Å². The summed E-state index contributed by atoms with van der Waals surface area (Å²) in [6.07, 6.45) is 0.639. The Kier molecular flexibility index (Phi) is 6.59. The van der Waals surface area contributed by atoms with E-state index in [9.17, 15) is 13.2 Å². The van der Waals surface area contributed by atoms with Crippen molar-refractivity contribution >= 4 is 49.8 Å². The van der Waals surface area contributed by atoms with Crippen molar-refractivity contribution in [1.82, 2.24) is 4.31 Å². The first-order chi connectivity index (χ1) is 12.1. The lowest BCUT2D eigenvalue weighted by atomic mass is 9.81. The molecule has 0 bridgehead atoms. The van der Waals surface area contributed by atoms with Gasteiger partial charge in [-0.05, 0) is 48.4 Å². The van der Waals surface area contributed by atoms with Gasteiger partial charge < -0.3 is 10.5 Å². The van der Waals surface area contributed by atoms with E-state index in [0.717, 1.165) is 10.1 Å². The van der Waals surface area contributed by atoms with Crippen LogP contribution in [0.2, 0.25) is 0 Å². The van der Waals surface area contributed by atoms with Gasteiger partial charge in [-0.15, -0.1) is 23.7 Å². The van der Waals surface area contributed by atoms with Crippen LogP contribution in [0.5, 0.6) is 0 Å². The predicted molar refractivity (Wildman–Crippen MR) is 110 cm³/mol. The number of hydrogen-bond acceptors (Lipinski definition) is 6. The predicted octanol–water partition coefficient (Wildman–Crippen LogP) is 3.25. The van der Waals surface area contributed by atoms with Crippen molar-refractivity contribution in [2.24, 2.45) is 11.1 Å². The number of rotatable bonds is 4. The molecule has 1 aromatic carbocycles. The van der Waals surface area contributed by atoms with Crippen molar-refractivity contribution in [2.75, 3.05) is 19.7 Å². The summed E-state index contributed by atoms with van der Waals surface area (Å²) < 4.78 is 33.5. The number of carbonyl (C=O) groups is 1. The number of hydrogen-bond donors (Lipinski definition) is 1. The van der Waals surface area contributed by atoms with Crippen LogP contribution in [0.3, 0.4) is 0 Å². The van der Waals surface area contributed by atoms with Gasteiger partial charge in [0.1, 0.15) is 4.88 Å². The molecule has 1 aliphatic rings. The fourth-order valence-corrected chi connectivity index (χ4v) is 5.76. The maximum Gasteiger partial charge on any atom is 0.348 e. The molecule has 27 heavy (non-hydrogen) atoms. The van der Waals surface area contributed by atoms with Crippen molar-refractivity contribution in [3.05, 3.63) is 29.1 Å². The Hall–Kier alpha value is -1.19. The zero-order valence-electron chi connectivity index (χ0n) is 15.6. The van der Waals surface area contributed by atoms with Gasteiger partial charge in [0.15, 0.2) is 0 Å². The molecular formula is C18H25ClN2O4S2. The van der Waals surface area contributed by atoms with Crippen LogP contribution in [0.4, 0.5) is 0 Å². The Labute approximate surface area is 170 Å². The highest BCUT2D eigenvalue weighted by Crippen LogP contribution is 2.33. The van der Waals surface area contributed by atoms with Gasteiger partial charge >= 0.3 is 5.97 Å². The first-order valence-corrected chi connectivity index (χ1v) is 10.9. The zero-order chi connectivity index (χ0) is 19.1. The van der Waals surface area contributed by atoms with E-state index < -0.39 is 10.0 Å². The SMILES string of the molecule is CCOC(=O)c1cc2cc(S(=O)(=O)N3CCC(N)C(C)(C)C3)ccc2s1.Cl. The summed E-state index contributed by atoms with van der Waals surface area (Å²) in [5, 5.41) is 0.729. The van der Waals surface area contributed by atoms with Crippen LogP contribution < -0.4 is 5.73 Å². The molecule has 2 N–H and O–H groups in total. The van der Waals surface area contributed by atoms with Crippen LogP contribution in [-0.2, 0) is 14.8 Å². The lowest BCUT2D eigenvalue weighted by Crippen LogP contribution is -2.53. The van der Waals surface area contributed by atoms with E-state index in [-0.39, 0.29) is 34.7 Å². The van der Waals surface area contributed by atoms with Crippen LogP contribution in [-0.4, -0.2) is 44.4 Å². The second-order valence-electron chi connectivity index (χ2n) is 7.25. The summed E-state index contributed by atoms with van der Waals surface area (Å²) in [7, 11) is -3.60. The molecule has 0 saturated carbocycles. The Morgan fingerprint density at radius 1 is 1.37 bits per heavy atom. The molecule has 1 saturated heterocycles. The molecule has 2 heterocycles. The van der Waals surface area contributed by atoms with Gasteiger partial charge in [-0.2, -0.15) is 4.31 Å². The number of sulfonamides is 1. The lowest BCUT2D eigenvalue weighted by molar-refractivity contribution is 0.0532. The first-order valence-electron chi connectivity index (χ1n) is 8.61. The van der Waals surface area contributed by atoms with E-state index >= 15 is 0 Å². The minimum Gasteiger partial charge on any atom is -0.462 e. The van der Waals surface area contributed by atoms with E-state index in [2.05, 4.69) is 0 Å². The maximum atomic E-state index is 13.1. The van der Waals surface area contributed by atoms with Gasteiger partial charge in [0.25, 0.3) is 0 Å². The minimum absolute atomic E-state index is 0. The molecule has 1 unspecified atom stereocenters. The average molecular weight is 433 g/mol. The van der Waals surface area contributed by atoms with E-state index in [1.807, 2.05) is 13.8 Å². The number of nitrogens with zero attached hydrogens (tertiary/aromatic N) is 1. The normalized spacial score (nSPS) is 20.2. The molecule has 6 nitrogen and oxygen atoms in total. The number of thiophene rings is 1. The number of ether oxygens (including phenoxy) is 1. The fraction of sp³-hybridized carbons (Fsp3) is 0.500. The molecule has 150 valence electrons. The average Bonchev–Trinajstić information content (AvgIpc) is 3.00. The third kappa shape index (κ3) is 4.30. The second kappa shape index (κ2) is 8.05. The summed E-state index contributed by atoms with van der Waals surface area (Å²) >= 11 is 1.30. The maximum absolute atomic E-state index is 13.1. The topological polar surface area (TPSA) is 89.7 Å². The van der Waals surface area contributed by atoms with Crippen molar-refractivity contribution in [2.45, 2.75) is 38.1 Å². The van der Waals surface area contributed by atoms with Gasteiger partial charge in [-0.1, -0.05) is 13.8 Å². The lowest BCUT2D eigenvalue weighted by Gasteiger charge is -2.41. The summed E-state index contributed by atoms with van der Waals surface area (Å²) in [5.74, 6) is -0.384. The number of halogens is 1. The Morgan fingerprint density at radius 3 is 2.70 bits per heavy atom. The fourth-order valence-electron chi connectivity index (χ4n) is 3.16. The molecular weight excluding hydrogens is 408 g/mol. The van der Waals surface area contributed by atoms with Gasteiger partial charge in [0.05, 0.1) is 11.5 Å². The number of nitrogens with two attached hydrogens (primary N) is 1. The summed E-state index contributed by atoms with van der Waals surface area (Å²) in [6, 6.07) is 6.65. The highest BCUT2D eigenvalue weighted by molar-refractivity contribution is 7.89. The zero-order valence-corrected chi connectivity index (χ0v) is 18.0. The van der Waals surface area contributed by atoms with Crippen molar-refractivity contribution in [3.63, 3.8) is 0 Å². The molecule has 1 atom stereocenters. The number of benzene rings is 1. The summed E-state index contributed by atoms with van der Waals surface area (Å²) in [6.45, 7) is 6.86. The Bertz CT molecular complexity index is 940. The van der Waals surface area contributed by atoms with Crippen molar-refractivity contribution in [3.8, 4) is 0 Å².